The van der Waals surface area contributed by atoms with Crippen molar-refractivity contribution in [3.8, 4) is 0 Å². The van der Waals surface area contributed by atoms with Gasteiger partial charge in [0, 0.05) is 23.5 Å². The van der Waals surface area contributed by atoms with Crippen molar-refractivity contribution in [1.29, 1.82) is 0 Å². The summed E-state index contributed by atoms with van der Waals surface area (Å²) in [6, 6.07) is 5.16. The molecule has 1 aromatic heterocycles. The van der Waals surface area contributed by atoms with Crippen LogP contribution in [0, 0.1) is 0 Å². The van der Waals surface area contributed by atoms with E-state index in [2.05, 4.69) is 29.3 Å². The van der Waals surface area contributed by atoms with Crippen molar-refractivity contribution < 1.29 is 9.53 Å². The molecule has 0 amide bonds. The van der Waals surface area contributed by atoms with Crippen LogP contribution in [0.1, 0.15) is 31.1 Å². The number of ether oxygens (including phenoxy) is 1. The summed E-state index contributed by atoms with van der Waals surface area (Å²) in [4.78, 5) is 15.1. The minimum atomic E-state index is -0.116. The highest BCUT2D eigenvalue weighted by Gasteiger charge is 2.33. The van der Waals surface area contributed by atoms with Crippen molar-refractivity contribution in [3.05, 3.63) is 22.4 Å². The molecule has 0 aromatic carbocycles. The predicted octanol–water partition coefficient (Wildman–Crippen LogP) is 2.66. The summed E-state index contributed by atoms with van der Waals surface area (Å²) < 4.78 is 4.74. The summed E-state index contributed by atoms with van der Waals surface area (Å²) in [5.74, 6) is -0.116. The minimum absolute atomic E-state index is 0.116. The van der Waals surface area contributed by atoms with E-state index in [0.717, 1.165) is 6.54 Å². The lowest BCUT2D eigenvalue weighted by molar-refractivity contribution is -0.142. The van der Waals surface area contributed by atoms with Crippen molar-refractivity contribution in [1.82, 2.24) is 4.90 Å². The van der Waals surface area contributed by atoms with Gasteiger partial charge in [-0.2, -0.15) is 0 Å². The number of esters is 1. The van der Waals surface area contributed by atoms with Crippen LogP contribution in [0.2, 0.25) is 0 Å². The van der Waals surface area contributed by atoms with Crippen LogP contribution < -0.4 is 0 Å². The maximum Gasteiger partial charge on any atom is 0.307 e. The van der Waals surface area contributed by atoms with E-state index in [0.29, 0.717) is 12.5 Å². The van der Waals surface area contributed by atoms with Gasteiger partial charge in [0.15, 0.2) is 0 Å². The van der Waals surface area contributed by atoms with Gasteiger partial charge in [-0.25, -0.2) is 0 Å². The van der Waals surface area contributed by atoms with Crippen LogP contribution in [0.4, 0.5) is 0 Å². The molecule has 0 aliphatic heterocycles. The van der Waals surface area contributed by atoms with Crippen molar-refractivity contribution in [2.24, 2.45) is 0 Å². The average Bonchev–Trinajstić information content (AvgIpc) is 3.03. The predicted molar refractivity (Wildman–Crippen MR) is 69.0 cm³/mol. The van der Waals surface area contributed by atoms with E-state index >= 15 is 0 Å². The molecule has 1 unspecified atom stereocenters. The summed E-state index contributed by atoms with van der Waals surface area (Å²) in [5.41, 5.74) is 0. The molecular weight excluding hydrogens is 234 g/mol. The highest BCUT2D eigenvalue weighted by Crippen LogP contribution is 2.31. The first kappa shape index (κ1) is 12.6. The normalized spacial score (nSPS) is 17.1. The van der Waals surface area contributed by atoms with Crippen LogP contribution in [0.15, 0.2) is 17.5 Å². The summed E-state index contributed by atoms with van der Waals surface area (Å²) in [6.07, 6.45) is 3.01. The molecule has 1 fully saturated rings. The van der Waals surface area contributed by atoms with Gasteiger partial charge in [0.1, 0.15) is 0 Å². The van der Waals surface area contributed by atoms with Crippen LogP contribution >= 0.6 is 11.3 Å². The second-order valence-corrected chi connectivity index (χ2v) is 5.64. The van der Waals surface area contributed by atoms with Crippen LogP contribution in [-0.4, -0.2) is 30.1 Å². The number of hydrogen-bond acceptors (Lipinski definition) is 4. The molecule has 0 bridgehead atoms. The van der Waals surface area contributed by atoms with Gasteiger partial charge in [-0.3, -0.25) is 9.69 Å². The van der Waals surface area contributed by atoms with Gasteiger partial charge in [-0.1, -0.05) is 6.07 Å². The molecule has 1 aromatic rings. The molecule has 4 heteroatoms. The van der Waals surface area contributed by atoms with Gasteiger partial charge < -0.3 is 4.74 Å². The number of nitrogens with zero attached hydrogens (tertiary/aromatic N) is 1. The van der Waals surface area contributed by atoms with Gasteiger partial charge in [0.25, 0.3) is 0 Å². The Kier molecular flexibility index (Phi) is 4.18. The van der Waals surface area contributed by atoms with Gasteiger partial charge in [-0.15, -0.1) is 11.3 Å². The first-order valence-corrected chi connectivity index (χ1v) is 6.93. The Morgan fingerprint density at radius 2 is 2.41 bits per heavy atom. The van der Waals surface area contributed by atoms with Gasteiger partial charge in [0.05, 0.1) is 13.5 Å². The van der Waals surface area contributed by atoms with E-state index in [1.165, 1.54) is 24.8 Å². The molecular formula is C13H19NO2S. The number of hydrogen-bond donors (Lipinski definition) is 0. The van der Waals surface area contributed by atoms with Crippen molar-refractivity contribution >= 4 is 17.3 Å². The van der Waals surface area contributed by atoms with Crippen molar-refractivity contribution in [2.75, 3.05) is 7.11 Å². The van der Waals surface area contributed by atoms with E-state index in [-0.39, 0.29) is 12.0 Å². The zero-order valence-electron chi connectivity index (χ0n) is 10.4. The molecule has 1 aliphatic carbocycles. The smallest absolute Gasteiger partial charge is 0.307 e. The zero-order valence-corrected chi connectivity index (χ0v) is 11.2. The average molecular weight is 253 g/mol. The standard InChI is InChI=1S/C13H19NO2S/c1-10(8-13(15)16-2)14(11-5-6-11)9-12-4-3-7-17-12/h3-4,7,10-11H,5-6,8-9H2,1-2H3. The molecule has 1 aliphatic rings. The van der Waals surface area contributed by atoms with Crippen LogP contribution in [0.25, 0.3) is 0 Å². The first-order valence-electron chi connectivity index (χ1n) is 6.05. The molecule has 0 spiro atoms. The van der Waals surface area contributed by atoms with Gasteiger partial charge in [-0.05, 0) is 31.2 Å². The molecule has 17 heavy (non-hydrogen) atoms. The van der Waals surface area contributed by atoms with Gasteiger partial charge in [0.2, 0.25) is 0 Å². The van der Waals surface area contributed by atoms with E-state index in [1.54, 1.807) is 11.3 Å². The molecule has 1 heterocycles. The fraction of sp³-hybridized carbons (Fsp3) is 0.615. The SMILES string of the molecule is COC(=O)CC(C)N(Cc1cccs1)C1CC1. The molecule has 94 valence electrons. The summed E-state index contributed by atoms with van der Waals surface area (Å²) >= 11 is 1.78. The highest BCUT2D eigenvalue weighted by molar-refractivity contribution is 7.09. The van der Waals surface area contributed by atoms with Crippen LogP contribution in [-0.2, 0) is 16.1 Å². The minimum Gasteiger partial charge on any atom is -0.469 e. The molecule has 0 N–H and O–H groups in total. The van der Waals surface area contributed by atoms with E-state index in [1.807, 2.05) is 0 Å². The Balaban J connectivity index is 1.94. The topological polar surface area (TPSA) is 29.5 Å². The Bertz CT molecular complexity index is 360. The first-order chi connectivity index (χ1) is 8.20. The second kappa shape index (κ2) is 5.65. The Morgan fingerprint density at radius 3 is 2.94 bits per heavy atom. The Morgan fingerprint density at radius 1 is 1.65 bits per heavy atom. The zero-order chi connectivity index (χ0) is 12.3. The van der Waals surface area contributed by atoms with E-state index in [4.69, 9.17) is 4.74 Å². The van der Waals surface area contributed by atoms with Crippen molar-refractivity contribution in [3.63, 3.8) is 0 Å². The largest absolute Gasteiger partial charge is 0.469 e. The molecule has 3 nitrogen and oxygen atoms in total. The summed E-state index contributed by atoms with van der Waals surface area (Å²) in [5, 5.41) is 2.10. The van der Waals surface area contributed by atoms with Gasteiger partial charge >= 0.3 is 5.97 Å². The molecule has 1 atom stereocenters. The Hall–Kier alpha value is -0.870. The molecule has 0 radical (unpaired) electrons. The molecule has 1 saturated carbocycles. The quantitative estimate of drug-likeness (QED) is 0.730. The molecule has 2 rings (SSSR count). The number of carbonyl (C=O) groups is 1. The maximum absolute atomic E-state index is 11.3. The third kappa shape index (κ3) is 3.54. The number of thiophene rings is 1. The third-order valence-electron chi connectivity index (χ3n) is 3.19. The van der Waals surface area contributed by atoms with Crippen LogP contribution in [0.3, 0.4) is 0 Å². The Labute approximate surface area is 106 Å². The lowest BCUT2D eigenvalue weighted by atomic mass is 10.2. The molecule has 0 saturated heterocycles. The van der Waals surface area contributed by atoms with E-state index in [9.17, 15) is 4.79 Å². The monoisotopic (exact) mass is 253 g/mol. The third-order valence-corrected chi connectivity index (χ3v) is 4.05. The fourth-order valence-electron chi connectivity index (χ4n) is 2.08. The number of carbonyl (C=O) groups excluding carboxylic acids is 1. The summed E-state index contributed by atoms with van der Waals surface area (Å²) in [7, 11) is 1.45. The maximum atomic E-state index is 11.3. The van der Waals surface area contributed by atoms with E-state index < -0.39 is 0 Å². The second-order valence-electron chi connectivity index (χ2n) is 4.61. The lowest BCUT2D eigenvalue weighted by Crippen LogP contribution is -2.36. The fourth-order valence-corrected chi connectivity index (χ4v) is 2.79. The lowest BCUT2D eigenvalue weighted by Gasteiger charge is -2.27. The van der Waals surface area contributed by atoms with Crippen molar-refractivity contribution in [2.45, 2.75) is 44.8 Å². The number of methoxy groups -OCH3 is 1. The van der Waals surface area contributed by atoms with Crippen LogP contribution in [0.5, 0.6) is 0 Å². The summed E-state index contributed by atoms with van der Waals surface area (Å²) in [6.45, 7) is 3.07. The highest BCUT2D eigenvalue weighted by atomic mass is 32.1. The number of rotatable bonds is 6.